The number of benzene rings is 1. The van der Waals surface area contributed by atoms with Crippen molar-refractivity contribution < 1.29 is 24.0 Å². The van der Waals surface area contributed by atoms with Gasteiger partial charge in [-0.25, -0.2) is 0 Å². The van der Waals surface area contributed by atoms with Crippen LogP contribution in [0.5, 0.6) is 0 Å². The molecule has 1 aliphatic heterocycles. The van der Waals surface area contributed by atoms with Crippen molar-refractivity contribution in [1.82, 2.24) is 5.32 Å². The average Bonchev–Trinajstić information content (AvgIpc) is 3.16. The Kier molecular flexibility index (Phi) is 4.47. The van der Waals surface area contributed by atoms with Crippen LogP contribution in [-0.4, -0.2) is 42.2 Å². The molecule has 2 heterocycles. The molecule has 3 N–H and O–H groups in total. The predicted molar refractivity (Wildman–Crippen MR) is 81.0 cm³/mol. The molecule has 0 bridgehead atoms. The lowest BCUT2D eigenvalue weighted by Gasteiger charge is -2.19. The molecule has 0 spiro atoms. The minimum absolute atomic E-state index is 0.205. The van der Waals surface area contributed by atoms with Gasteiger partial charge in [0.2, 0.25) is 5.91 Å². The first-order valence-electron chi connectivity index (χ1n) is 7.34. The van der Waals surface area contributed by atoms with Gasteiger partial charge in [-0.3, -0.25) is 4.79 Å². The van der Waals surface area contributed by atoms with Crippen molar-refractivity contribution >= 4 is 24.0 Å². The van der Waals surface area contributed by atoms with E-state index in [1.807, 2.05) is 24.3 Å². The fourth-order valence-electron chi connectivity index (χ4n) is 2.70. The van der Waals surface area contributed by atoms with Crippen LogP contribution in [-0.2, 0) is 16.0 Å². The molecule has 116 valence electrons. The molecular formula is C15H18BNO5. The Morgan fingerprint density at radius 2 is 2.23 bits per heavy atom. The maximum Gasteiger partial charge on any atom is 0.475 e. The van der Waals surface area contributed by atoms with Gasteiger partial charge in [0.1, 0.15) is 5.58 Å². The van der Waals surface area contributed by atoms with E-state index < -0.39 is 13.1 Å². The maximum absolute atomic E-state index is 12.1. The number of ether oxygens (including phenoxy) is 1. The Morgan fingerprint density at radius 3 is 2.95 bits per heavy atom. The highest BCUT2D eigenvalue weighted by Gasteiger charge is 2.31. The molecule has 22 heavy (non-hydrogen) atoms. The number of nitrogens with one attached hydrogen (secondary N) is 1. The molecule has 1 fully saturated rings. The quantitative estimate of drug-likeness (QED) is 0.700. The molecule has 2 atom stereocenters. The van der Waals surface area contributed by atoms with Crippen LogP contribution in [0.1, 0.15) is 12.0 Å². The Morgan fingerprint density at radius 1 is 1.41 bits per heavy atom. The summed E-state index contributed by atoms with van der Waals surface area (Å²) in [5, 5.41) is 22.7. The van der Waals surface area contributed by atoms with Crippen molar-refractivity contribution in [1.29, 1.82) is 0 Å². The third kappa shape index (κ3) is 3.16. The van der Waals surface area contributed by atoms with Gasteiger partial charge in [0, 0.05) is 12.0 Å². The smallest absolute Gasteiger partial charge is 0.464 e. The predicted octanol–water partition coefficient (Wildman–Crippen LogP) is 0.509. The molecular weight excluding hydrogens is 285 g/mol. The third-order valence-corrected chi connectivity index (χ3v) is 3.99. The highest BCUT2D eigenvalue weighted by Crippen LogP contribution is 2.22. The van der Waals surface area contributed by atoms with E-state index in [0.29, 0.717) is 19.6 Å². The number of carbonyl (C=O) groups excluding carboxylic acids is 1. The number of amides is 1. The normalized spacial score (nSPS) is 19.3. The summed E-state index contributed by atoms with van der Waals surface area (Å²) >= 11 is 0. The lowest BCUT2D eigenvalue weighted by Crippen LogP contribution is -2.49. The minimum atomic E-state index is -1.64. The summed E-state index contributed by atoms with van der Waals surface area (Å²) in [7, 11) is -1.64. The van der Waals surface area contributed by atoms with Crippen LogP contribution in [0.15, 0.2) is 34.9 Å². The van der Waals surface area contributed by atoms with Gasteiger partial charge in [-0.15, -0.1) is 0 Å². The molecule has 2 aromatic rings. The summed E-state index contributed by atoms with van der Waals surface area (Å²) in [6, 6.07) is 7.51. The summed E-state index contributed by atoms with van der Waals surface area (Å²) in [6.45, 7) is 0.950. The summed E-state index contributed by atoms with van der Waals surface area (Å²) < 4.78 is 10.6. The zero-order valence-electron chi connectivity index (χ0n) is 12.1. The van der Waals surface area contributed by atoms with Crippen LogP contribution in [0.3, 0.4) is 0 Å². The van der Waals surface area contributed by atoms with Crippen LogP contribution < -0.4 is 5.32 Å². The SMILES string of the molecule is O=C(N[C@@H](Cc1coc2ccccc12)B(O)O)[C@H]1CCOC1. The second-order valence-corrected chi connectivity index (χ2v) is 5.55. The van der Waals surface area contributed by atoms with Gasteiger partial charge >= 0.3 is 7.12 Å². The molecule has 1 aliphatic rings. The van der Waals surface area contributed by atoms with Gasteiger partial charge in [0.25, 0.3) is 0 Å². The van der Waals surface area contributed by atoms with Crippen LogP contribution in [0.4, 0.5) is 0 Å². The molecule has 1 aromatic heterocycles. The monoisotopic (exact) mass is 303 g/mol. The van der Waals surface area contributed by atoms with E-state index in [9.17, 15) is 14.8 Å². The van der Waals surface area contributed by atoms with Crippen molar-refractivity contribution in [2.24, 2.45) is 5.92 Å². The topological polar surface area (TPSA) is 91.9 Å². The van der Waals surface area contributed by atoms with E-state index in [4.69, 9.17) is 9.15 Å². The van der Waals surface area contributed by atoms with Crippen LogP contribution in [0.2, 0.25) is 0 Å². The first-order chi connectivity index (χ1) is 10.6. The van der Waals surface area contributed by atoms with Crippen LogP contribution in [0, 0.1) is 5.92 Å². The van der Waals surface area contributed by atoms with E-state index in [1.54, 1.807) is 6.26 Å². The van der Waals surface area contributed by atoms with E-state index in [2.05, 4.69) is 5.32 Å². The largest absolute Gasteiger partial charge is 0.475 e. The summed E-state index contributed by atoms with van der Waals surface area (Å²) in [5.41, 5.74) is 1.57. The number of furan rings is 1. The lowest BCUT2D eigenvalue weighted by molar-refractivity contribution is -0.125. The van der Waals surface area contributed by atoms with Crippen molar-refractivity contribution in [3.8, 4) is 0 Å². The summed E-state index contributed by atoms with van der Waals surface area (Å²) in [6.07, 6.45) is 2.54. The van der Waals surface area contributed by atoms with Gasteiger partial charge < -0.3 is 24.5 Å². The molecule has 3 rings (SSSR count). The number of rotatable bonds is 5. The fraction of sp³-hybridized carbons (Fsp3) is 0.400. The zero-order chi connectivity index (χ0) is 15.5. The molecule has 0 saturated carbocycles. The lowest BCUT2D eigenvalue weighted by atomic mass is 9.75. The van der Waals surface area contributed by atoms with Crippen molar-refractivity contribution in [2.75, 3.05) is 13.2 Å². The molecule has 1 saturated heterocycles. The van der Waals surface area contributed by atoms with Gasteiger partial charge in [0.15, 0.2) is 0 Å². The minimum Gasteiger partial charge on any atom is -0.464 e. The zero-order valence-corrected chi connectivity index (χ0v) is 12.1. The van der Waals surface area contributed by atoms with E-state index in [-0.39, 0.29) is 18.2 Å². The van der Waals surface area contributed by atoms with E-state index in [0.717, 1.165) is 16.5 Å². The Bertz CT molecular complexity index is 650. The van der Waals surface area contributed by atoms with Gasteiger partial charge in [-0.05, 0) is 24.5 Å². The second kappa shape index (κ2) is 6.52. The van der Waals surface area contributed by atoms with Crippen molar-refractivity contribution in [3.63, 3.8) is 0 Å². The molecule has 0 aliphatic carbocycles. The number of hydrogen-bond acceptors (Lipinski definition) is 5. The summed E-state index contributed by atoms with van der Waals surface area (Å²) in [4.78, 5) is 12.1. The fourth-order valence-corrected chi connectivity index (χ4v) is 2.70. The number of fused-ring (bicyclic) bond motifs is 1. The van der Waals surface area contributed by atoms with Crippen LogP contribution >= 0.6 is 0 Å². The first-order valence-corrected chi connectivity index (χ1v) is 7.34. The molecule has 7 heteroatoms. The first kappa shape index (κ1) is 15.1. The van der Waals surface area contributed by atoms with Crippen molar-refractivity contribution in [2.45, 2.75) is 18.8 Å². The highest BCUT2D eigenvalue weighted by molar-refractivity contribution is 6.43. The van der Waals surface area contributed by atoms with Crippen LogP contribution in [0.25, 0.3) is 11.0 Å². The molecule has 6 nitrogen and oxygen atoms in total. The van der Waals surface area contributed by atoms with Gasteiger partial charge in [0.05, 0.1) is 24.7 Å². The molecule has 1 aromatic carbocycles. The van der Waals surface area contributed by atoms with E-state index in [1.165, 1.54) is 0 Å². The van der Waals surface area contributed by atoms with Gasteiger partial charge in [-0.1, -0.05) is 18.2 Å². The Labute approximate surface area is 128 Å². The van der Waals surface area contributed by atoms with E-state index >= 15 is 0 Å². The third-order valence-electron chi connectivity index (χ3n) is 3.99. The average molecular weight is 303 g/mol. The number of hydrogen-bond donors (Lipinski definition) is 3. The number of para-hydroxylation sites is 1. The Balaban J connectivity index is 1.72. The maximum atomic E-state index is 12.1. The molecule has 1 amide bonds. The number of carbonyl (C=O) groups is 1. The van der Waals surface area contributed by atoms with Gasteiger partial charge in [-0.2, -0.15) is 0 Å². The van der Waals surface area contributed by atoms with Crippen molar-refractivity contribution in [3.05, 3.63) is 36.1 Å². The Hall–Kier alpha value is -1.83. The molecule has 0 unspecified atom stereocenters. The highest BCUT2D eigenvalue weighted by atomic mass is 16.5. The standard InChI is InChI=1S/C15H18BNO5/c18-15(10-5-6-21-8-10)17-14(16(19)20)7-11-9-22-13-4-2-1-3-12(11)13/h1-4,9-10,14,19-20H,5-8H2,(H,17,18)/t10-,14-/m0/s1. The second-order valence-electron chi connectivity index (χ2n) is 5.55. The molecule has 0 radical (unpaired) electrons. The summed E-state index contributed by atoms with van der Waals surface area (Å²) in [5.74, 6) is -1.21.